The highest BCUT2D eigenvalue weighted by molar-refractivity contribution is 5.67. The second-order valence-corrected chi connectivity index (χ2v) is 3.79. The largest absolute Gasteiger partial charge is 0.465 e. The maximum Gasteiger partial charge on any atom is 0.408 e. The molecule has 0 aliphatic carbocycles. The quantitative estimate of drug-likeness (QED) is 0.647. The lowest BCUT2D eigenvalue weighted by Crippen LogP contribution is -2.28. The van der Waals surface area contributed by atoms with E-state index < -0.39 is 6.09 Å². The van der Waals surface area contributed by atoms with Gasteiger partial charge in [0.15, 0.2) is 0 Å². The molecule has 0 aliphatic rings. The van der Waals surface area contributed by atoms with Crippen LogP contribution in [0, 0.1) is 5.41 Å². The van der Waals surface area contributed by atoms with Crippen molar-refractivity contribution in [2.24, 2.45) is 5.41 Å². The number of amides is 1. The van der Waals surface area contributed by atoms with Gasteiger partial charge in [-0.05, 0) is 13.0 Å². The van der Waals surface area contributed by atoms with Crippen molar-refractivity contribution >= 4 is 6.09 Å². The molecule has 0 saturated carbocycles. The number of hydrogen-bond donors (Lipinski definition) is 2. The minimum atomic E-state index is -1.02. The third-order valence-electron chi connectivity index (χ3n) is 1.50. The summed E-state index contributed by atoms with van der Waals surface area (Å²) in [5.41, 5.74) is 0.510. The van der Waals surface area contributed by atoms with Crippen LogP contribution in [0.15, 0.2) is 23.9 Å². The van der Waals surface area contributed by atoms with Gasteiger partial charge in [0.25, 0.3) is 0 Å². The highest BCUT2D eigenvalue weighted by Gasteiger charge is 2.17. The van der Waals surface area contributed by atoms with Gasteiger partial charge in [-0.3, -0.25) is 5.32 Å². The summed E-state index contributed by atoms with van der Waals surface area (Å²) in [5.74, 6) is 0. The molecule has 0 fully saturated rings. The first-order valence-electron chi connectivity index (χ1n) is 4.21. The van der Waals surface area contributed by atoms with E-state index in [4.69, 9.17) is 5.11 Å². The van der Waals surface area contributed by atoms with Crippen LogP contribution in [0.25, 0.3) is 0 Å². The van der Waals surface area contributed by atoms with Crippen molar-refractivity contribution in [1.29, 1.82) is 0 Å². The predicted octanol–water partition coefficient (Wildman–Crippen LogP) is 2.76. The van der Waals surface area contributed by atoms with Crippen LogP contribution in [0.3, 0.4) is 0 Å². The molecule has 2 N–H and O–H groups in total. The van der Waals surface area contributed by atoms with Gasteiger partial charge in [-0.1, -0.05) is 32.9 Å². The summed E-state index contributed by atoms with van der Waals surface area (Å²) in [6.07, 6.45) is 4.42. The highest BCUT2D eigenvalue weighted by atomic mass is 16.4. The highest BCUT2D eigenvalue weighted by Crippen LogP contribution is 2.22. The summed E-state index contributed by atoms with van der Waals surface area (Å²) in [7, 11) is 0. The second-order valence-electron chi connectivity index (χ2n) is 3.79. The molecule has 0 aromatic carbocycles. The average Bonchev–Trinajstić information content (AvgIpc) is 1.95. The standard InChI is InChI=1S/C10H17NO2/c1-5-6-7-8(10(2,3)4)11-9(12)13/h5-7,11H,1-4H3,(H,12,13). The Kier molecular flexibility index (Phi) is 4.25. The Morgan fingerprint density at radius 2 is 1.92 bits per heavy atom. The van der Waals surface area contributed by atoms with E-state index in [0.717, 1.165) is 0 Å². The van der Waals surface area contributed by atoms with E-state index in [2.05, 4.69) is 5.32 Å². The van der Waals surface area contributed by atoms with Crippen molar-refractivity contribution in [3.05, 3.63) is 23.9 Å². The molecule has 0 atom stereocenters. The fourth-order valence-electron chi connectivity index (χ4n) is 0.787. The summed E-state index contributed by atoms with van der Waals surface area (Å²) in [6, 6.07) is 0. The smallest absolute Gasteiger partial charge is 0.408 e. The van der Waals surface area contributed by atoms with Gasteiger partial charge in [0, 0.05) is 11.1 Å². The Bertz CT molecular complexity index is 234. The first kappa shape index (κ1) is 11.8. The van der Waals surface area contributed by atoms with Crippen LogP contribution in [0.5, 0.6) is 0 Å². The number of allylic oxidation sites excluding steroid dienone is 4. The molecule has 3 heteroatoms. The Hall–Kier alpha value is -1.25. The minimum Gasteiger partial charge on any atom is -0.465 e. The fraction of sp³-hybridized carbons (Fsp3) is 0.500. The molecular weight excluding hydrogens is 166 g/mol. The topological polar surface area (TPSA) is 49.3 Å². The Balaban J connectivity index is 4.66. The molecule has 0 aromatic rings. The molecule has 0 rings (SSSR count). The van der Waals surface area contributed by atoms with Gasteiger partial charge >= 0.3 is 6.09 Å². The van der Waals surface area contributed by atoms with Crippen molar-refractivity contribution in [2.75, 3.05) is 0 Å². The lowest BCUT2D eigenvalue weighted by atomic mass is 9.91. The first-order chi connectivity index (χ1) is 5.88. The SMILES string of the molecule is CC=CC=C(NC(=O)O)C(C)(C)C. The molecule has 3 nitrogen and oxygen atoms in total. The lowest BCUT2D eigenvalue weighted by molar-refractivity contribution is 0.195. The Morgan fingerprint density at radius 1 is 1.38 bits per heavy atom. The summed E-state index contributed by atoms with van der Waals surface area (Å²) in [5, 5.41) is 11.0. The van der Waals surface area contributed by atoms with Crippen molar-refractivity contribution in [3.63, 3.8) is 0 Å². The molecule has 0 aromatic heterocycles. The third-order valence-corrected chi connectivity index (χ3v) is 1.50. The average molecular weight is 183 g/mol. The number of carbonyl (C=O) groups is 1. The number of rotatable bonds is 2. The van der Waals surface area contributed by atoms with Gasteiger partial charge in [0.2, 0.25) is 0 Å². The van der Waals surface area contributed by atoms with Crippen LogP contribution in [0.4, 0.5) is 4.79 Å². The van der Waals surface area contributed by atoms with Crippen molar-refractivity contribution in [2.45, 2.75) is 27.7 Å². The zero-order chi connectivity index (χ0) is 10.5. The van der Waals surface area contributed by atoms with Crippen molar-refractivity contribution < 1.29 is 9.90 Å². The fourth-order valence-corrected chi connectivity index (χ4v) is 0.787. The zero-order valence-corrected chi connectivity index (χ0v) is 8.59. The molecule has 0 aliphatic heterocycles. The minimum absolute atomic E-state index is 0.183. The molecular formula is C10H17NO2. The zero-order valence-electron chi connectivity index (χ0n) is 8.59. The van der Waals surface area contributed by atoms with Crippen LogP contribution >= 0.6 is 0 Å². The second kappa shape index (κ2) is 4.70. The third kappa shape index (κ3) is 5.06. The van der Waals surface area contributed by atoms with Gasteiger partial charge in [0.05, 0.1) is 0 Å². The summed E-state index contributed by atoms with van der Waals surface area (Å²) in [6.45, 7) is 7.76. The summed E-state index contributed by atoms with van der Waals surface area (Å²) < 4.78 is 0. The van der Waals surface area contributed by atoms with Crippen LogP contribution in [0.1, 0.15) is 27.7 Å². The van der Waals surface area contributed by atoms with E-state index in [1.165, 1.54) is 0 Å². The summed E-state index contributed by atoms with van der Waals surface area (Å²) >= 11 is 0. The predicted molar refractivity (Wildman–Crippen MR) is 53.5 cm³/mol. The molecule has 0 saturated heterocycles. The Labute approximate surface area is 79.2 Å². The normalized spacial score (nSPS) is 13.4. The van der Waals surface area contributed by atoms with E-state index in [9.17, 15) is 4.79 Å². The molecule has 0 unspecified atom stereocenters. The van der Waals surface area contributed by atoms with Crippen LogP contribution in [-0.4, -0.2) is 11.2 Å². The summed E-state index contributed by atoms with van der Waals surface area (Å²) in [4.78, 5) is 10.4. The van der Waals surface area contributed by atoms with Gasteiger partial charge in [-0.2, -0.15) is 0 Å². The van der Waals surface area contributed by atoms with E-state index in [1.807, 2.05) is 39.8 Å². The van der Waals surface area contributed by atoms with E-state index in [0.29, 0.717) is 5.70 Å². The van der Waals surface area contributed by atoms with E-state index in [1.54, 1.807) is 6.08 Å². The molecule has 13 heavy (non-hydrogen) atoms. The maximum absolute atomic E-state index is 10.4. The number of carboxylic acid groups (broad SMARTS) is 1. The Morgan fingerprint density at radius 3 is 2.23 bits per heavy atom. The molecule has 74 valence electrons. The molecule has 0 heterocycles. The van der Waals surface area contributed by atoms with Crippen molar-refractivity contribution in [3.8, 4) is 0 Å². The van der Waals surface area contributed by atoms with Crippen LogP contribution in [-0.2, 0) is 0 Å². The maximum atomic E-state index is 10.4. The van der Waals surface area contributed by atoms with Gasteiger partial charge in [-0.25, -0.2) is 4.79 Å². The molecule has 0 spiro atoms. The molecule has 0 bridgehead atoms. The number of nitrogens with one attached hydrogen (secondary N) is 1. The molecule has 1 amide bonds. The van der Waals surface area contributed by atoms with E-state index in [-0.39, 0.29) is 5.41 Å². The van der Waals surface area contributed by atoms with Gasteiger partial charge in [0.1, 0.15) is 0 Å². The van der Waals surface area contributed by atoms with Gasteiger partial charge < -0.3 is 5.11 Å². The molecule has 0 radical (unpaired) electrons. The monoisotopic (exact) mass is 183 g/mol. The van der Waals surface area contributed by atoms with Crippen molar-refractivity contribution in [1.82, 2.24) is 5.32 Å². The van der Waals surface area contributed by atoms with Crippen LogP contribution in [0.2, 0.25) is 0 Å². The van der Waals surface area contributed by atoms with Crippen LogP contribution < -0.4 is 5.32 Å². The lowest BCUT2D eigenvalue weighted by Gasteiger charge is -2.21. The first-order valence-corrected chi connectivity index (χ1v) is 4.21. The number of hydrogen-bond acceptors (Lipinski definition) is 1. The van der Waals surface area contributed by atoms with E-state index >= 15 is 0 Å². The van der Waals surface area contributed by atoms with Gasteiger partial charge in [-0.15, -0.1) is 0 Å².